The van der Waals surface area contributed by atoms with E-state index in [1.807, 2.05) is 6.92 Å². The summed E-state index contributed by atoms with van der Waals surface area (Å²) in [7, 11) is -3.44. The predicted molar refractivity (Wildman–Crippen MR) is 111 cm³/mol. The van der Waals surface area contributed by atoms with Crippen LogP contribution < -0.4 is 22.3 Å². The molecule has 11 heteroatoms. The molecule has 28 heavy (non-hydrogen) atoms. The van der Waals surface area contributed by atoms with Crippen molar-refractivity contribution >= 4 is 36.8 Å². The van der Waals surface area contributed by atoms with Crippen LogP contribution in [-0.2, 0) is 25.3 Å². The van der Waals surface area contributed by atoms with E-state index in [2.05, 4.69) is 5.32 Å². The number of halogens is 1. The molecule has 2 atom stereocenters. The summed E-state index contributed by atoms with van der Waals surface area (Å²) in [6, 6.07) is 5.94. The SMILES string of the molecule is CCCN(CCCl)P(N)(=O)OCc1ccc(NC(=O)[C@@H](N)CCC(N)=O)cc1. The predicted octanol–water partition coefficient (Wildman–Crippen LogP) is 1.75. The van der Waals surface area contributed by atoms with Crippen molar-refractivity contribution in [2.45, 2.75) is 38.8 Å². The van der Waals surface area contributed by atoms with Crippen molar-refractivity contribution in [1.82, 2.24) is 4.67 Å². The zero-order valence-corrected chi connectivity index (χ0v) is 17.6. The first kappa shape index (κ1) is 24.6. The number of hydrogen-bond donors (Lipinski definition) is 4. The summed E-state index contributed by atoms with van der Waals surface area (Å²) in [6.07, 6.45) is 0.996. The molecule has 1 aromatic rings. The van der Waals surface area contributed by atoms with E-state index < -0.39 is 25.5 Å². The first-order valence-electron chi connectivity index (χ1n) is 8.97. The number of nitrogens with one attached hydrogen (secondary N) is 1. The van der Waals surface area contributed by atoms with Crippen molar-refractivity contribution in [3.05, 3.63) is 29.8 Å². The quantitative estimate of drug-likeness (QED) is 0.273. The van der Waals surface area contributed by atoms with E-state index in [4.69, 9.17) is 33.1 Å². The van der Waals surface area contributed by atoms with Gasteiger partial charge in [0.15, 0.2) is 0 Å². The van der Waals surface area contributed by atoms with Gasteiger partial charge in [-0.05, 0) is 30.5 Å². The van der Waals surface area contributed by atoms with E-state index in [1.165, 1.54) is 0 Å². The van der Waals surface area contributed by atoms with Gasteiger partial charge in [0.25, 0.3) is 0 Å². The summed E-state index contributed by atoms with van der Waals surface area (Å²) < 4.78 is 19.6. The Bertz CT molecular complexity index is 683. The Morgan fingerprint density at radius 1 is 1.29 bits per heavy atom. The summed E-state index contributed by atoms with van der Waals surface area (Å²) in [5.74, 6) is -0.609. The number of nitrogens with two attached hydrogens (primary N) is 3. The number of anilines is 1. The van der Waals surface area contributed by atoms with E-state index in [0.717, 1.165) is 12.0 Å². The second kappa shape index (κ2) is 12.2. The highest BCUT2D eigenvalue weighted by molar-refractivity contribution is 7.53. The molecule has 0 heterocycles. The maximum Gasteiger partial charge on any atom is 0.341 e. The number of alkyl halides is 1. The van der Waals surface area contributed by atoms with E-state index in [1.54, 1.807) is 28.9 Å². The fraction of sp³-hybridized carbons (Fsp3) is 0.529. The Morgan fingerprint density at radius 2 is 1.93 bits per heavy atom. The Labute approximate surface area is 170 Å². The molecule has 158 valence electrons. The molecule has 0 spiro atoms. The third kappa shape index (κ3) is 8.68. The molecule has 1 rings (SSSR count). The zero-order valence-electron chi connectivity index (χ0n) is 16.0. The maximum absolute atomic E-state index is 12.6. The number of carbonyl (C=O) groups excluding carboxylic acids is 2. The van der Waals surface area contributed by atoms with Gasteiger partial charge in [-0.2, -0.15) is 0 Å². The summed E-state index contributed by atoms with van der Waals surface area (Å²) in [6.45, 7) is 2.92. The highest BCUT2D eigenvalue weighted by Crippen LogP contribution is 2.43. The van der Waals surface area contributed by atoms with Gasteiger partial charge >= 0.3 is 7.67 Å². The molecule has 0 aliphatic heterocycles. The van der Waals surface area contributed by atoms with E-state index in [9.17, 15) is 14.2 Å². The van der Waals surface area contributed by atoms with Crippen LogP contribution in [0.1, 0.15) is 31.7 Å². The molecular formula is C17H29ClN5O4P. The highest BCUT2D eigenvalue weighted by Gasteiger charge is 2.26. The van der Waals surface area contributed by atoms with Gasteiger partial charge in [0, 0.05) is 31.1 Å². The molecule has 0 aromatic heterocycles. The van der Waals surface area contributed by atoms with Gasteiger partial charge in [-0.15, -0.1) is 11.6 Å². The lowest BCUT2D eigenvalue weighted by molar-refractivity contribution is -0.119. The minimum absolute atomic E-state index is 0.0444. The molecule has 0 bridgehead atoms. The average molecular weight is 434 g/mol. The molecule has 2 amide bonds. The fourth-order valence-corrected chi connectivity index (χ4v) is 4.02. The Morgan fingerprint density at radius 3 is 2.46 bits per heavy atom. The number of primary amides is 1. The van der Waals surface area contributed by atoms with Gasteiger partial charge in [-0.3, -0.25) is 14.2 Å². The van der Waals surface area contributed by atoms with Gasteiger partial charge < -0.3 is 21.3 Å². The van der Waals surface area contributed by atoms with Gasteiger partial charge in [-0.1, -0.05) is 19.1 Å². The average Bonchev–Trinajstić information content (AvgIpc) is 2.65. The normalized spacial score (nSPS) is 14.5. The number of hydrogen-bond acceptors (Lipinski definition) is 5. The lowest BCUT2D eigenvalue weighted by Gasteiger charge is -2.26. The molecule has 0 aliphatic rings. The lowest BCUT2D eigenvalue weighted by atomic mass is 10.1. The first-order chi connectivity index (χ1) is 13.2. The number of amides is 2. The van der Waals surface area contributed by atoms with E-state index in [0.29, 0.717) is 24.7 Å². The molecule has 0 radical (unpaired) electrons. The zero-order chi connectivity index (χ0) is 21.2. The largest absolute Gasteiger partial charge is 0.370 e. The monoisotopic (exact) mass is 433 g/mol. The number of benzene rings is 1. The van der Waals surface area contributed by atoms with Crippen LogP contribution in [0.3, 0.4) is 0 Å². The van der Waals surface area contributed by atoms with Crippen LogP contribution in [0.15, 0.2) is 24.3 Å². The molecule has 0 fully saturated rings. The van der Waals surface area contributed by atoms with Crippen molar-refractivity contribution < 1.29 is 18.7 Å². The van der Waals surface area contributed by atoms with Crippen molar-refractivity contribution in [3.8, 4) is 0 Å². The van der Waals surface area contributed by atoms with Crippen LogP contribution in [0.2, 0.25) is 0 Å². The van der Waals surface area contributed by atoms with Crippen molar-refractivity contribution in [2.24, 2.45) is 17.0 Å². The molecule has 0 saturated heterocycles. The Hall–Kier alpha value is -1.48. The molecule has 1 unspecified atom stereocenters. The van der Waals surface area contributed by atoms with Crippen molar-refractivity contribution in [2.75, 3.05) is 24.3 Å². The summed E-state index contributed by atoms with van der Waals surface area (Å²) >= 11 is 5.73. The second-order valence-electron chi connectivity index (χ2n) is 6.28. The van der Waals surface area contributed by atoms with Crippen LogP contribution in [-0.4, -0.2) is 41.5 Å². The van der Waals surface area contributed by atoms with E-state index >= 15 is 0 Å². The molecule has 0 aliphatic carbocycles. The third-order valence-electron chi connectivity index (χ3n) is 3.89. The van der Waals surface area contributed by atoms with Crippen LogP contribution in [0.4, 0.5) is 5.69 Å². The fourth-order valence-electron chi connectivity index (χ4n) is 2.34. The van der Waals surface area contributed by atoms with Crippen molar-refractivity contribution in [1.29, 1.82) is 0 Å². The van der Waals surface area contributed by atoms with Crippen LogP contribution in [0.25, 0.3) is 0 Å². The Balaban J connectivity index is 2.59. The van der Waals surface area contributed by atoms with Gasteiger partial charge in [-0.25, -0.2) is 10.2 Å². The van der Waals surface area contributed by atoms with E-state index in [-0.39, 0.29) is 19.4 Å². The third-order valence-corrected chi connectivity index (χ3v) is 5.75. The maximum atomic E-state index is 12.6. The lowest BCUT2D eigenvalue weighted by Crippen LogP contribution is -2.36. The molecule has 7 N–H and O–H groups in total. The summed E-state index contributed by atoms with van der Waals surface area (Å²) in [5.41, 5.74) is 17.9. The van der Waals surface area contributed by atoms with Crippen LogP contribution in [0, 0.1) is 0 Å². The first-order valence-corrected chi connectivity index (χ1v) is 11.2. The molecule has 9 nitrogen and oxygen atoms in total. The highest BCUT2D eigenvalue weighted by atomic mass is 35.5. The van der Waals surface area contributed by atoms with Crippen molar-refractivity contribution in [3.63, 3.8) is 0 Å². The minimum Gasteiger partial charge on any atom is -0.370 e. The van der Waals surface area contributed by atoms with Crippen LogP contribution >= 0.6 is 19.3 Å². The molecule has 1 aromatic carbocycles. The van der Waals surface area contributed by atoms with Gasteiger partial charge in [0.05, 0.1) is 12.6 Å². The topological polar surface area (TPSA) is 154 Å². The number of nitrogens with zero attached hydrogens (tertiary/aromatic N) is 1. The van der Waals surface area contributed by atoms with Crippen LogP contribution in [0.5, 0.6) is 0 Å². The Kier molecular flexibility index (Phi) is 10.7. The van der Waals surface area contributed by atoms with Gasteiger partial charge in [0.2, 0.25) is 11.8 Å². The number of carbonyl (C=O) groups is 2. The van der Waals surface area contributed by atoms with Gasteiger partial charge in [0.1, 0.15) is 0 Å². The number of rotatable bonds is 13. The standard InChI is InChI=1S/C17H29ClN5O4P/c1-2-10-23(11-9-18)28(21,26)27-12-13-3-5-14(6-4-13)22-17(25)15(19)7-8-16(20)24/h3-6,15H,2,7-12,19H2,1H3,(H2,20,24)(H2,21,26)(H,22,25)/t15-,28?/m0/s1. The summed E-state index contributed by atoms with van der Waals surface area (Å²) in [4.78, 5) is 22.7. The smallest absolute Gasteiger partial charge is 0.341 e. The molecule has 0 saturated carbocycles. The minimum atomic E-state index is -3.44. The molecular weight excluding hydrogens is 405 g/mol. The second-order valence-corrected chi connectivity index (χ2v) is 8.61. The summed E-state index contributed by atoms with van der Waals surface area (Å²) in [5, 5.41) is 2.66.